The lowest BCUT2D eigenvalue weighted by molar-refractivity contribution is -0.138. The van der Waals surface area contributed by atoms with Crippen molar-refractivity contribution in [2.45, 2.75) is 31.6 Å². The number of fused-ring (bicyclic) bond motifs is 1. The van der Waals surface area contributed by atoms with E-state index in [1.807, 2.05) is 0 Å². The van der Waals surface area contributed by atoms with Crippen molar-refractivity contribution < 1.29 is 9.90 Å². The Morgan fingerprint density at radius 1 is 1.27 bits per heavy atom. The van der Waals surface area contributed by atoms with Gasteiger partial charge in [0.15, 0.2) is 0 Å². The monoisotopic (exact) mass is 202 g/mol. The molecule has 0 heterocycles. The van der Waals surface area contributed by atoms with E-state index in [2.05, 4.69) is 18.2 Å². The van der Waals surface area contributed by atoms with Crippen LogP contribution in [-0.2, 0) is 17.6 Å². The molecule has 0 spiro atoms. The molecule has 0 radical (unpaired) electrons. The van der Waals surface area contributed by atoms with E-state index in [9.17, 15) is 4.79 Å². The van der Waals surface area contributed by atoms with E-state index in [1.54, 1.807) is 0 Å². The van der Waals surface area contributed by atoms with Crippen LogP contribution in [0.5, 0.6) is 0 Å². The predicted octanol–water partition coefficient (Wildman–Crippen LogP) is 2.36. The lowest BCUT2D eigenvalue weighted by atomic mass is 10.0. The Labute approximate surface area is 88.9 Å². The zero-order valence-corrected chi connectivity index (χ0v) is 8.57. The first-order valence-corrected chi connectivity index (χ1v) is 5.60. The van der Waals surface area contributed by atoms with Crippen molar-refractivity contribution in [3.8, 4) is 0 Å². The van der Waals surface area contributed by atoms with Gasteiger partial charge in [0.2, 0.25) is 0 Å². The van der Waals surface area contributed by atoms with Crippen molar-refractivity contribution in [1.82, 2.24) is 0 Å². The molecule has 0 bridgehead atoms. The number of rotatable bonds is 2. The van der Waals surface area contributed by atoms with Crippen molar-refractivity contribution in [2.75, 3.05) is 0 Å². The second-order valence-electron chi connectivity index (χ2n) is 4.67. The van der Waals surface area contributed by atoms with Crippen molar-refractivity contribution in [1.29, 1.82) is 0 Å². The molecule has 1 saturated carbocycles. The number of hydrogen-bond donors (Lipinski definition) is 1. The topological polar surface area (TPSA) is 37.3 Å². The first-order chi connectivity index (χ1) is 7.25. The largest absolute Gasteiger partial charge is 0.481 e. The summed E-state index contributed by atoms with van der Waals surface area (Å²) < 4.78 is 0. The van der Waals surface area contributed by atoms with E-state index in [4.69, 9.17) is 5.11 Å². The van der Waals surface area contributed by atoms with Crippen molar-refractivity contribution in [3.63, 3.8) is 0 Å². The maximum absolute atomic E-state index is 10.8. The highest BCUT2D eigenvalue weighted by Gasteiger charge is 2.44. The number of hydrogen-bond acceptors (Lipinski definition) is 1. The van der Waals surface area contributed by atoms with Gasteiger partial charge in [-0.15, -0.1) is 0 Å². The molecule has 1 fully saturated rings. The number of carbonyl (C=O) groups is 1. The summed E-state index contributed by atoms with van der Waals surface area (Å²) in [6.07, 6.45) is 4.45. The van der Waals surface area contributed by atoms with Gasteiger partial charge in [-0.3, -0.25) is 4.79 Å². The Morgan fingerprint density at radius 2 is 2.07 bits per heavy atom. The molecule has 2 aliphatic carbocycles. The maximum atomic E-state index is 10.8. The molecule has 3 rings (SSSR count). The van der Waals surface area contributed by atoms with Gasteiger partial charge in [0.05, 0.1) is 5.92 Å². The van der Waals surface area contributed by atoms with Crippen LogP contribution in [0.4, 0.5) is 0 Å². The molecule has 0 aromatic heterocycles. The zero-order valence-electron chi connectivity index (χ0n) is 8.57. The van der Waals surface area contributed by atoms with Gasteiger partial charge in [-0.05, 0) is 48.3 Å². The quantitative estimate of drug-likeness (QED) is 0.799. The average Bonchev–Trinajstić information content (AvgIpc) is 2.89. The molecule has 1 aromatic rings. The van der Waals surface area contributed by atoms with E-state index in [-0.39, 0.29) is 11.8 Å². The first kappa shape index (κ1) is 8.96. The van der Waals surface area contributed by atoms with Gasteiger partial charge in [0.25, 0.3) is 0 Å². The van der Waals surface area contributed by atoms with Crippen molar-refractivity contribution in [2.24, 2.45) is 5.92 Å². The fourth-order valence-electron chi connectivity index (χ4n) is 2.66. The highest BCUT2D eigenvalue weighted by molar-refractivity contribution is 5.75. The van der Waals surface area contributed by atoms with Gasteiger partial charge >= 0.3 is 5.97 Å². The van der Waals surface area contributed by atoms with Crippen LogP contribution in [-0.4, -0.2) is 11.1 Å². The molecule has 15 heavy (non-hydrogen) atoms. The molecule has 0 saturated heterocycles. The normalized spacial score (nSPS) is 27.5. The van der Waals surface area contributed by atoms with Crippen LogP contribution < -0.4 is 0 Å². The summed E-state index contributed by atoms with van der Waals surface area (Å²) in [6.45, 7) is 0. The number of carboxylic acid groups (broad SMARTS) is 1. The minimum atomic E-state index is -0.638. The SMILES string of the molecule is O=C(O)C1CC1c1ccc2c(c1)CCC2. The summed E-state index contributed by atoms with van der Waals surface area (Å²) in [5, 5.41) is 8.88. The minimum Gasteiger partial charge on any atom is -0.481 e. The fraction of sp³-hybridized carbons (Fsp3) is 0.462. The third-order valence-electron chi connectivity index (χ3n) is 3.66. The second kappa shape index (κ2) is 3.09. The van der Waals surface area contributed by atoms with Crippen molar-refractivity contribution in [3.05, 3.63) is 34.9 Å². The van der Waals surface area contributed by atoms with Gasteiger partial charge in [-0.25, -0.2) is 0 Å². The molecule has 1 aromatic carbocycles. The number of aryl methyl sites for hydroxylation is 2. The van der Waals surface area contributed by atoms with Gasteiger partial charge in [0, 0.05) is 0 Å². The summed E-state index contributed by atoms with van der Waals surface area (Å²) in [5.74, 6) is -0.474. The first-order valence-electron chi connectivity index (χ1n) is 5.60. The molecule has 2 aliphatic rings. The standard InChI is InChI=1S/C13H14O2/c14-13(15)12-7-11(12)10-5-4-8-2-1-3-9(8)6-10/h4-6,11-12H,1-3,7H2,(H,14,15). The van der Waals surface area contributed by atoms with Crippen LogP contribution in [0.15, 0.2) is 18.2 Å². The Kier molecular flexibility index (Phi) is 1.84. The second-order valence-corrected chi connectivity index (χ2v) is 4.67. The van der Waals surface area contributed by atoms with Crippen LogP contribution in [0, 0.1) is 5.92 Å². The Bertz CT molecular complexity index is 423. The van der Waals surface area contributed by atoms with E-state index in [1.165, 1.54) is 36.0 Å². The highest BCUT2D eigenvalue weighted by Crippen LogP contribution is 2.48. The van der Waals surface area contributed by atoms with E-state index in [0.717, 1.165) is 6.42 Å². The molecular weight excluding hydrogens is 188 g/mol. The summed E-state index contributed by atoms with van der Waals surface area (Å²) >= 11 is 0. The number of benzene rings is 1. The van der Waals surface area contributed by atoms with E-state index in [0.29, 0.717) is 0 Å². The smallest absolute Gasteiger partial charge is 0.307 e. The molecule has 1 N–H and O–H groups in total. The third kappa shape index (κ3) is 1.44. The van der Waals surface area contributed by atoms with Gasteiger partial charge in [0.1, 0.15) is 0 Å². The van der Waals surface area contributed by atoms with Crippen LogP contribution in [0.1, 0.15) is 35.4 Å². The molecule has 2 heteroatoms. The minimum absolute atomic E-state index is 0.121. The number of carboxylic acids is 1. The van der Waals surface area contributed by atoms with Crippen LogP contribution >= 0.6 is 0 Å². The lowest BCUT2D eigenvalue weighted by Gasteiger charge is -2.03. The summed E-state index contributed by atoms with van der Waals surface area (Å²) in [4.78, 5) is 10.8. The summed E-state index contributed by atoms with van der Waals surface area (Å²) in [7, 11) is 0. The van der Waals surface area contributed by atoms with Crippen LogP contribution in [0.25, 0.3) is 0 Å². The van der Waals surface area contributed by atoms with Gasteiger partial charge in [-0.1, -0.05) is 18.2 Å². The van der Waals surface area contributed by atoms with Gasteiger partial charge in [-0.2, -0.15) is 0 Å². The number of aliphatic carboxylic acids is 1. The van der Waals surface area contributed by atoms with E-state index >= 15 is 0 Å². The Balaban J connectivity index is 1.86. The molecular formula is C13H14O2. The van der Waals surface area contributed by atoms with Crippen molar-refractivity contribution >= 4 is 5.97 Å². The lowest BCUT2D eigenvalue weighted by Crippen LogP contribution is -1.99. The Morgan fingerprint density at radius 3 is 2.80 bits per heavy atom. The fourth-order valence-corrected chi connectivity index (χ4v) is 2.66. The van der Waals surface area contributed by atoms with Gasteiger partial charge < -0.3 is 5.11 Å². The third-order valence-corrected chi connectivity index (χ3v) is 3.66. The summed E-state index contributed by atoms with van der Waals surface area (Å²) in [6, 6.07) is 6.54. The Hall–Kier alpha value is -1.31. The molecule has 2 unspecified atom stereocenters. The molecule has 2 atom stereocenters. The highest BCUT2D eigenvalue weighted by atomic mass is 16.4. The maximum Gasteiger partial charge on any atom is 0.307 e. The summed E-state index contributed by atoms with van der Waals surface area (Å²) in [5.41, 5.74) is 4.15. The molecule has 2 nitrogen and oxygen atoms in total. The molecule has 0 aliphatic heterocycles. The average molecular weight is 202 g/mol. The molecule has 0 amide bonds. The van der Waals surface area contributed by atoms with E-state index < -0.39 is 5.97 Å². The molecule has 78 valence electrons. The van der Waals surface area contributed by atoms with Crippen LogP contribution in [0.2, 0.25) is 0 Å². The zero-order chi connectivity index (χ0) is 10.4. The van der Waals surface area contributed by atoms with Crippen LogP contribution in [0.3, 0.4) is 0 Å². The predicted molar refractivity (Wildman–Crippen MR) is 57.0 cm³/mol.